The molecule has 0 aliphatic rings. The lowest BCUT2D eigenvalue weighted by Gasteiger charge is -2.19. The molecule has 2 rings (SSSR count). The number of nitriles is 1. The van der Waals surface area contributed by atoms with Crippen LogP contribution in [0.25, 0.3) is 4.85 Å². The summed E-state index contributed by atoms with van der Waals surface area (Å²) in [6.45, 7) is 12.7. The molecule has 2 aromatic carbocycles. The number of rotatable bonds is 8. The highest BCUT2D eigenvalue weighted by atomic mass is 16.6. The Morgan fingerprint density at radius 3 is 2.55 bits per heavy atom. The summed E-state index contributed by atoms with van der Waals surface area (Å²) in [6.07, 6.45) is -0.369. The predicted octanol–water partition coefficient (Wildman–Crippen LogP) is 5.68. The molecule has 0 bridgehead atoms. The molecule has 2 atom stereocenters. The molecule has 33 heavy (non-hydrogen) atoms. The van der Waals surface area contributed by atoms with Gasteiger partial charge in [0.1, 0.15) is 11.9 Å². The van der Waals surface area contributed by atoms with Crippen LogP contribution in [0.5, 0.6) is 5.75 Å². The first kappa shape index (κ1) is 25.0. The van der Waals surface area contributed by atoms with E-state index in [1.807, 2.05) is 26.0 Å². The lowest BCUT2D eigenvalue weighted by atomic mass is 10.0. The van der Waals surface area contributed by atoms with E-state index in [1.165, 1.54) is 7.11 Å². The minimum atomic E-state index is -0.602. The van der Waals surface area contributed by atoms with Gasteiger partial charge in [-0.1, -0.05) is 19.1 Å². The third kappa shape index (κ3) is 7.44. The number of methoxy groups -OCH3 is 1. The molecule has 0 heterocycles. The van der Waals surface area contributed by atoms with Gasteiger partial charge in [0.25, 0.3) is 0 Å². The Hall–Kier alpha value is -4.24. The van der Waals surface area contributed by atoms with Crippen molar-refractivity contribution in [2.24, 2.45) is 0 Å². The fourth-order valence-electron chi connectivity index (χ4n) is 3.09. The monoisotopic (exact) mass is 449 g/mol. The highest BCUT2D eigenvalue weighted by Crippen LogP contribution is 2.30. The largest absolute Gasteiger partial charge is 0.508 e. The van der Waals surface area contributed by atoms with E-state index in [0.717, 1.165) is 11.1 Å². The predicted molar refractivity (Wildman–Crippen MR) is 125 cm³/mol. The van der Waals surface area contributed by atoms with Gasteiger partial charge >= 0.3 is 12.1 Å². The van der Waals surface area contributed by atoms with Crippen molar-refractivity contribution in [3.63, 3.8) is 0 Å². The van der Waals surface area contributed by atoms with Gasteiger partial charge in [-0.25, -0.2) is 14.4 Å². The summed E-state index contributed by atoms with van der Waals surface area (Å²) in [5, 5.41) is 17.0. The first-order valence-electron chi connectivity index (χ1n) is 10.4. The van der Waals surface area contributed by atoms with Gasteiger partial charge in [-0.15, -0.1) is 0 Å². The van der Waals surface area contributed by atoms with Crippen LogP contribution in [0.15, 0.2) is 36.4 Å². The van der Waals surface area contributed by atoms with Crippen molar-refractivity contribution in [1.29, 1.82) is 5.26 Å². The summed E-state index contributed by atoms with van der Waals surface area (Å²) >= 11 is 0. The Morgan fingerprint density at radius 1 is 1.18 bits per heavy atom. The van der Waals surface area contributed by atoms with Crippen molar-refractivity contribution in [2.75, 3.05) is 17.7 Å². The number of anilines is 2. The Labute approximate surface area is 193 Å². The SMILES string of the molecule is [C-]#[N+]c1ccc(NC(=O)Nc2cc(C)cc([C@H](C)NC(=O)O[C@H](CC)CC#N)c2)cc1OC. The second kappa shape index (κ2) is 12.0. The molecule has 0 saturated carbocycles. The zero-order chi connectivity index (χ0) is 24.4. The van der Waals surface area contributed by atoms with Gasteiger partial charge < -0.3 is 25.4 Å². The number of hydrogen-bond acceptors (Lipinski definition) is 5. The summed E-state index contributed by atoms with van der Waals surface area (Å²) in [4.78, 5) is 28.0. The van der Waals surface area contributed by atoms with Crippen molar-refractivity contribution >= 4 is 29.2 Å². The summed E-state index contributed by atoms with van der Waals surface area (Å²) in [5.74, 6) is 0.368. The molecule has 0 radical (unpaired) electrons. The van der Waals surface area contributed by atoms with Crippen molar-refractivity contribution < 1.29 is 19.1 Å². The fraction of sp³-hybridized carbons (Fsp3) is 0.333. The molecule has 0 unspecified atom stereocenters. The van der Waals surface area contributed by atoms with Crippen LogP contribution in [0.2, 0.25) is 0 Å². The van der Waals surface area contributed by atoms with Crippen molar-refractivity contribution in [3.8, 4) is 11.8 Å². The van der Waals surface area contributed by atoms with Crippen LogP contribution in [0.1, 0.15) is 43.9 Å². The summed E-state index contributed by atoms with van der Waals surface area (Å²) < 4.78 is 10.4. The number of nitrogens with zero attached hydrogens (tertiary/aromatic N) is 2. The highest BCUT2D eigenvalue weighted by molar-refractivity contribution is 6.00. The van der Waals surface area contributed by atoms with E-state index in [4.69, 9.17) is 21.3 Å². The number of carbonyl (C=O) groups excluding carboxylic acids is 2. The minimum Gasteiger partial charge on any atom is -0.508 e. The van der Waals surface area contributed by atoms with Gasteiger partial charge in [0, 0.05) is 11.4 Å². The molecule has 0 aromatic heterocycles. The van der Waals surface area contributed by atoms with Gasteiger partial charge in [0.05, 0.1) is 32.2 Å². The molecule has 172 valence electrons. The van der Waals surface area contributed by atoms with Gasteiger partial charge in [0.2, 0.25) is 5.69 Å². The van der Waals surface area contributed by atoms with Crippen LogP contribution in [0.4, 0.5) is 26.7 Å². The molecular weight excluding hydrogens is 422 g/mol. The molecule has 3 N–H and O–H groups in total. The van der Waals surface area contributed by atoms with E-state index >= 15 is 0 Å². The van der Waals surface area contributed by atoms with Crippen LogP contribution < -0.4 is 20.7 Å². The van der Waals surface area contributed by atoms with E-state index in [-0.39, 0.29) is 12.5 Å². The van der Waals surface area contributed by atoms with E-state index in [1.54, 1.807) is 37.3 Å². The maximum absolute atomic E-state index is 12.5. The van der Waals surface area contributed by atoms with Crippen molar-refractivity contribution in [3.05, 3.63) is 58.9 Å². The third-order valence-corrected chi connectivity index (χ3v) is 4.80. The fourth-order valence-corrected chi connectivity index (χ4v) is 3.09. The minimum absolute atomic E-state index is 0.137. The van der Waals surface area contributed by atoms with Crippen LogP contribution in [-0.4, -0.2) is 25.3 Å². The lowest BCUT2D eigenvalue weighted by molar-refractivity contribution is 0.0950. The molecule has 0 aliphatic carbocycles. The van der Waals surface area contributed by atoms with E-state index in [2.05, 4.69) is 20.8 Å². The van der Waals surface area contributed by atoms with Crippen LogP contribution in [-0.2, 0) is 4.74 Å². The average molecular weight is 450 g/mol. The Morgan fingerprint density at radius 2 is 1.91 bits per heavy atom. The Bertz CT molecular complexity index is 1090. The number of benzene rings is 2. The first-order valence-corrected chi connectivity index (χ1v) is 10.4. The topological polar surface area (TPSA) is 117 Å². The maximum atomic E-state index is 12.5. The smallest absolute Gasteiger partial charge is 0.407 e. The second-order valence-corrected chi connectivity index (χ2v) is 7.37. The van der Waals surface area contributed by atoms with Crippen molar-refractivity contribution in [1.82, 2.24) is 5.32 Å². The first-order chi connectivity index (χ1) is 15.8. The van der Waals surface area contributed by atoms with Gasteiger partial charge in [-0.2, -0.15) is 5.26 Å². The number of carbonyl (C=O) groups is 2. The number of amides is 3. The molecule has 3 amide bonds. The van der Waals surface area contributed by atoms with Gasteiger partial charge in [0.15, 0.2) is 0 Å². The van der Waals surface area contributed by atoms with E-state index in [9.17, 15) is 9.59 Å². The average Bonchev–Trinajstić information content (AvgIpc) is 2.78. The molecule has 9 heteroatoms. The lowest BCUT2D eigenvalue weighted by Crippen LogP contribution is -2.31. The molecule has 9 nitrogen and oxygen atoms in total. The van der Waals surface area contributed by atoms with E-state index < -0.39 is 18.2 Å². The molecular formula is C24H27N5O4. The Kier molecular flexibility index (Phi) is 9.07. The number of alkyl carbamates (subject to hydrolysis) is 1. The highest BCUT2D eigenvalue weighted by Gasteiger charge is 2.16. The molecule has 2 aromatic rings. The summed E-state index contributed by atoms with van der Waals surface area (Å²) in [6, 6.07) is 11.4. The molecule has 0 spiro atoms. The molecule has 0 saturated heterocycles. The summed E-state index contributed by atoms with van der Waals surface area (Å²) in [7, 11) is 1.46. The second-order valence-electron chi connectivity index (χ2n) is 7.37. The molecule has 0 fully saturated rings. The van der Waals surface area contributed by atoms with Crippen LogP contribution in [0.3, 0.4) is 0 Å². The standard InChI is InChI=1S/C24H27N5O4/c1-6-20(9-10-25)33-24(31)27-16(3)17-11-15(2)12-19(13-17)29-23(30)28-18-7-8-21(26-4)22(14-18)32-5/h7-8,11-14,16,20H,6,9H2,1-3,5H3,(H,27,31)(H2,28,29,30)/t16-,20+/m0/s1. The summed E-state index contributed by atoms with van der Waals surface area (Å²) in [5.41, 5.74) is 3.04. The van der Waals surface area contributed by atoms with Crippen LogP contribution >= 0.6 is 0 Å². The Balaban J connectivity index is 2.05. The van der Waals surface area contributed by atoms with Gasteiger partial charge in [-0.3, -0.25) is 0 Å². The van der Waals surface area contributed by atoms with E-state index in [0.29, 0.717) is 29.2 Å². The van der Waals surface area contributed by atoms with Gasteiger partial charge in [-0.05, 0) is 55.7 Å². The van der Waals surface area contributed by atoms with Crippen LogP contribution in [0, 0.1) is 24.8 Å². The normalized spacial score (nSPS) is 11.8. The number of nitrogens with one attached hydrogen (secondary N) is 3. The third-order valence-electron chi connectivity index (χ3n) is 4.80. The number of urea groups is 1. The number of ether oxygens (including phenoxy) is 2. The quantitative estimate of drug-likeness (QED) is 0.448. The van der Waals surface area contributed by atoms with Crippen molar-refractivity contribution in [2.45, 2.75) is 45.8 Å². The maximum Gasteiger partial charge on any atom is 0.407 e. The number of aryl methyl sites for hydroxylation is 1. The zero-order valence-electron chi connectivity index (χ0n) is 19.1. The number of hydrogen-bond donors (Lipinski definition) is 3. The zero-order valence-corrected chi connectivity index (χ0v) is 19.1. The molecule has 0 aliphatic heterocycles.